The van der Waals surface area contributed by atoms with Crippen LogP contribution in [0.2, 0.25) is 0 Å². The second kappa shape index (κ2) is 5.36. The van der Waals surface area contributed by atoms with Crippen molar-refractivity contribution in [3.05, 3.63) is 29.5 Å². The highest BCUT2D eigenvalue weighted by atomic mass is 16.2. The Morgan fingerprint density at radius 2 is 2.18 bits per heavy atom. The lowest BCUT2D eigenvalue weighted by atomic mass is 9.92. The molecule has 1 aliphatic heterocycles. The molecule has 6 nitrogen and oxygen atoms in total. The van der Waals surface area contributed by atoms with Crippen molar-refractivity contribution < 1.29 is 14.4 Å². The minimum absolute atomic E-state index is 0.0747. The van der Waals surface area contributed by atoms with Crippen molar-refractivity contribution in [1.82, 2.24) is 15.1 Å². The predicted molar refractivity (Wildman–Crippen MR) is 80.5 cm³/mol. The molecule has 1 atom stereocenters. The van der Waals surface area contributed by atoms with E-state index in [9.17, 15) is 14.4 Å². The van der Waals surface area contributed by atoms with Crippen LogP contribution in [0.3, 0.4) is 0 Å². The van der Waals surface area contributed by atoms with E-state index in [-0.39, 0.29) is 17.6 Å². The van der Waals surface area contributed by atoms with Crippen LogP contribution in [0.25, 0.3) is 10.9 Å². The molecule has 0 bridgehead atoms. The quantitative estimate of drug-likeness (QED) is 0.690. The highest BCUT2D eigenvalue weighted by molar-refractivity contribution is 6.03. The summed E-state index contributed by atoms with van der Waals surface area (Å²) in [6.45, 7) is 1.82. The number of nitrogens with zero attached hydrogens (tertiary/aromatic N) is 2. The number of hydrogen-bond acceptors (Lipinski definition) is 4. The van der Waals surface area contributed by atoms with Crippen molar-refractivity contribution in [2.75, 3.05) is 0 Å². The molecule has 2 amide bonds. The summed E-state index contributed by atoms with van der Waals surface area (Å²) < 4.78 is 1.68. The van der Waals surface area contributed by atoms with Gasteiger partial charge in [0.05, 0.1) is 17.1 Å². The van der Waals surface area contributed by atoms with Crippen LogP contribution in [0.5, 0.6) is 0 Å². The molecule has 1 fully saturated rings. The van der Waals surface area contributed by atoms with Gasteiger partial charge in [-0.3, -0.25) is 24.4 Å². The molecule has 1 N–H and O–H groups in total. The standard InChI is InChI=1S/C16H17N3O3/c1-3-13(20)9-4-5-10-12(8-9)19(2)18-15(10)11-6-7-14(21)17-16(11)22/h4-5,8,11H,3,6-7H2,1-2H3,(H,17,21,22). The number of fused-ring (bicyclic) bond motifs is 1. The molecule has 3 rings (SSSR count). The number of aromatic nitrogens is 2. The van der Waals surface area contributed by atoms with Crippen molar-refractivity contribution in [3.63, 3.8) is 0 Å². The molecule has 1 unspecified atom stereocenters. The summed E-state index contributed by atoms with van der Waals surface area (Å²) in [5.74, 6) is -0.887. The summed E-state index contributed by atoms with van der Waals surface area (Å²) in [6.07, 6.45) is 1.23. The maximum absolute atomic E-state index is 12.0. The lowest BCUT2D eigenvalue weighted by Gasteiger charge is -2.19. The Morgan fingerprint density at radius 1 is 1.41 bits per heavy atom. The van der Waals surface area contributed by atoms with E-state index in [0.29, 0.717) is 30.5 Å². The summed E-state index contributed by atoms with van der Waals surface area (Å²) in [6, 6.07) is 5.42. The summed E-state index contributed by atoms with van der Waals surface area (Å²) in [7, 11) is 1.79. The lowest BCUT2D eigenvalue weighted by Crippen LogP contribution is -2.39. The molecule has 2 heterocycles. The third-order valence-corrected chi connectivity index (χ3v) is 4.09. The van der Waals surface area contributed by atoms with Crippen LogP contribution in [0.4, 0.5) is 0 Å². The van der Waals surface area contributed by atoms with Gasteiger partial charge in [0.15, 0.2) is 5.78 Å². The van der Waals surface area contributed by atoms with Gasteiger partial charge in [0, 0.05) is 30.8 Å². The number of ketones is 1. The Morgan fingerprint density at radius 3 is 2.86 bits per heavy atom. The number of benzene rings is 1. The number of Topliss-reactive ketones (excluding diaryl/α,β-unsaturated/α-hetero) is 1. The van der Waals surface area contributed by atoms with Gasteiger partial charge in [0.2, 0.25) is 11.8 Å². The first-order valence-electron chi connectivity index (χ1n) is 7.34. The SMILES string of the molecule is CCC(=O)c1ccc2c(C3CCC(=O)NC3=O)nn(C)c2c1. The van der Waals surface area contributed by atoms with Crippen molar-refractivity contribution in [2.45, 2.75) is 32.1 Å². The van der Waals surface area contributed by atoms with Crippen LogP contribution in [-0.4, -0.2) is 27.4 Å². The van der Waals surface area contributed by atoms with Crippen LogP contribution in [0, 0.1) is 0 Å². The van der Waals surface area contributed by atoms with E-state index >= 15 is 0 Å². The van der Waals surface area contributed by atoms with Gasteiger partial charge in [-0.1, -0.05) is 19.1 Å². The molecular formula is C16H17N3O3. The van der Waals surface area contributed by atoms with Gasteiger partial charge < -0.3 is 0 Å². The molecule has 6 heteroatoms. The molecule has 0 radical (unpaired) electrons. The normalized spacial score (nSPS) is 18.5. The average Bonchev–Trinajstić information content (AvgIpc) is 2.83. The lowest BCUT2D eigenvalue weighted by molar-refractivity contribution is -0.134. The highest BCUT2D eigenvalue weighted by Gasteiger charge is 2.31. The fourth-order valence-corrected chi connectivity index (χ4v) is 2.87. The zero-order valence-corrected chi connectivity index (χ0v) is 12.5. The maximum Gasteiger partial charge on any atom is 0.235 e. The van der Waals surface area contributed by atoms with Crippen LogP contribution in [-0.2, 0) is 16.6 Å². The van der Waals surface area contributed by atoms with E-state index in [4.69, 9.17) is 0 Å². The largest absolute Gasteiger partial charge is 0.296 e. The average molecular weight is 299 g/mol. The first-order valence-corrected chi connectivity index (χ1v) is 7.34. The Balaban J connectivity index is 2.06. The minimum atomic E-state index is -0.422. The fraction of sp³-hybridized carbons (Fsp3) is 0.375. The molecule has 22 heavy (non-hydrogen) atoms. The Labute approximate surface area is 127 Å². The third kappa shape index (κ3) is 2.30. The van der Waals surface area contributed by atoms with Gasteiger partial charge in [-0.25, -0.2) is 0 Å². The van der Waals surface area contributed by atoms with Gasteiger partial charge in [-0.15, -0.1) is 0 Å². The molecule has 0 aliphatic carbocycles. The predicted octanol–water partition coefficient (Wildman–Crippen LogP) is 1.69. The first kappa shape index (κ1) is 14.4. The number of rotatable bonds is 3. The van der Waals surface area contributed by atoms with Crippen LogP contribution in [0.1, 0.15) is 48.2 Å². The van der Waals surface area contributed by atoms with E-state index in [1.165, 1.54) is 0 Å². The van der Waals surface area contributed by atoms with Gasteiger partial charge >= 0.3 is 0 Å². The molecule has 1 aromatic heterocycles. The number of carbonyl (C=O) groups is 3. The summed E-state index contributed by atoms with van der Waals surface area (Å²) in [5.41, 5.74) is 2.13. The van der Waals surface area contributed by atoms with Crippen molar-refractivity contribution in [2.24, 2.45) is 7.05 Å². The fourth-order valence-electron chi connectivity index (χ4n) is 2.87. The second-order valence-electron chi connectivity index (χ2n) is 5.52. The molecule has 1 aliphatic rings. The minimum Gasteiger partial charge on any atom is -0.296 e. The van der Waals surface area contributed by atoms with E-state index < -0.39 is 5.92 Å². The summed E-state index contributed by atoms with van der Waals surface area (Å²) >= 11 is 0. The number of amides is 2. The molecule has 0 spiro atoms. The van der Waals surface area contributed by atoms with E-state index in [1.54, 1.807) is 17.8 Å². The molecule has 1 saturated heterocycles. The number of imide groups is 1. The highest BCUT2D eigenvalue weighted by Crippen LogP contribution is 2.30. The first-order chi connectivity index (χ1) is 10.5. The summed E-state index contributed by atoms with van der Waals surface area (Å²) in [4.78, 5) is 35.2. The Hall–Kier alpha value is -2.50. The zero-order valence-electron chi connectivity index (χ0n) is 12.5. The van der Waals surface area contributed by atoms with Crippen molar-refractivity contribution in [1.29, 1.82) is 0 Å². The smallest absolute Gasteiger partial charge is 0.235 e. The molecule has 2 aromatic rings. The number of hydrogen-bond donors (Lipinski definition) is 1. The van der Waals surface area contributed by atoms with Gasteiger partial charge in [-0.2, -0.15) is 5.10 Å². The van der Waals surface area contributed by atoms with Crippen LogP contribution >= 0.6 is 0 Å². The monoisotopic (exact) mass is 299 g/mol. The third-order valence-electron chi connectivity index (χ3n) is 4.09. The molecule has 1 aromatic carbocycles. The maximum atomic E-state index is 12.0. The van der Waals surface area contributed by atoms with Gasteiger partial charge in [0.25, 0.3) is 0 Å². The molecule has 0 saturated carbocycles. The Kier molecular flexibility index (Phi) is 3.52. The van der Waals surface area contributed by atoms with E-state index in [1.807, 2.05) is 19.1 Å². The van der Waals surface area contributed by atoms with Crippen LogP contribution in [0.15, 0.2) is 18.2 Å². The number of aryl methyl sites for hydroxylation is 1. The van der Waals surface area contributed by atoms with Crippen molar-refractivity contribution in [3.8, 4) is 0 Å². The van der Waals surface area contributed by atoms with Crippen LogP contribution < -0.4 is 5.32 Å². The Bertz CT molecular complexity index is 791. The van der Waals surface area contributed by atoms with E-state index in [2.05, 4.69) is 10.4 Å². The molecular weight excluding hydrogens is 282 g/mol. The number of nitrogens with one attached hydrogen (secondary N) is 1. The number of carbonyl (C=O) groups excluding carboxylic acids is 3. The van der Waals surface area contributed by atoms with Gasteiger partial charge in [-0.05, 0) is 12.5 Å². The zero-order chi connectivity index (χ0) is 15.9. The van der Waals surface area contributed by atoms with Crippen molar-refractivity contribution >= 4 is 28.5 Å². The topological polar surface area (TPSA) is 81.1 Å². The summed E-state index contributed by atoms with van der Waals surface area (Å²) in [5, 5.41) is 7.66. The number of piperidine rings is 1. The molecule has 114 valence electrons. The second-order valence-corrected chi connectivity index (χ2v) is 5.52. The van der Waals surface area contributed by atoms with E-state index in [0.717, 1.165) is 10.9 Å². The van der Waals surface area contributed by atoms with Gasteiger partial charge in [0.1, 0.15) is 0 Å².